The number of halogens is 1. The summed E-state index contributed by atoms with van der Waals surface area (Å²) in [6.07, 6.45) is 3.39. The van der Waals surface area contributed by atoms with E-state index in [1.807, 2.05) is 18.2 Å². The summed E-state index contributed by atoms with van der Waals surface area (Å²) in [4.78, 5) is 2.23. The van der Waals surface area contributed by atoms with Crippen LogP contribution in [0.5, 0.6) is 0 Å². The van der Waals surface area contributed by atoms with Gasteiger partial charge in [0.15, 0.2) is 0 Å². The summed E-state index contributed by atoms with van der Waals surface area (Å²) >= 11 is 6.17. The molecular formula is C17H15ClN2. The van der Waals surface area contributed by atoms with Gasteiger partial charge in [0.25, 0.3) is 0 Å². The SMILES string of the molecule is N#Cc1c(Cl)cccc1N1CCCCc2ccccc21. The van der Waals surface area contributed by atoms with Crippen molar-refractivity contribution in [3.05, 3.63) is 58.6 Å². The van der Waals surface area contributed by atoms with Gasteiger partial charge in [0, 0.05) is 12.2 Å². The van der Waals surface area contributed by atoms with Gasteiger partial charge in [-0.25, -0.2) is 0 Å². The smallest absolute Gasteiger partial charge is 0.103 e. The Morgan fingerprint density at radius 1 is 1.00 bits per heavy atom. The van der Waals surface area contributed by atoms with Crippen LogP contribution in [0, 0.1) is 11.3 Å². The molecule has 0 aromatic heterocycles. The van der Waals surface area contributed by atoms with Gasteiger partial charge in [0.2, 0.25) is 0 Å². The maximum Gasteiger partial charge on any atom is 0.103 e. The summed E-state index contributed by atoms with van der Waals surface area (Å²) in [5, 5.41) is 9.91. The van der Waals surface area contributed by atoms with Crippen molar-refractivity contribution < 1.29 is 0 Å². The zero-order valence-corrected chi connectivity index (χ0v) is 11.9. The molecule has 0 atom stereocenters. The normalized spacial score (nSPS) is 14.3. The van der Waals surface area contributed by atoms with Crippen LogP contribution in [0.3, 0.4) is 0 Å². The van der Waals surface area contributed by atoms with Crippen LogP contribution < -0.4 is 4.90 Å². The second-order valence-corrected chi connectivity index (χ2v) is 5.39. The minimum absolute atomic E-state index is 0.520. The lowest BCUT2D eigenvalue weighted by atomic mass is 10.1. The van der Waals surface area contributed by atoms with Crippen molar-refractivity contribution in [1.82, 2.24) is 0 Å². The number of hydrogen-bond acceptors (Lipinski definition) is 2. The topological polar surface area (TPSA) is 27.0 Å². The van der Waals surface area contributed by atoms with Crippen molar-refractivity contribution in [3.63, 3.8) is 0 Å². The second kappa shape index (κ2) is 5.56. The van der Waals surface area contributed by atoms with Crippen molar-refractivity contribution in [1.29, 1.82) is 5.26 Å². The first-order valence-corrected chi connectivity index (χ1v) is 7.23. The van der Waals surface area contributed by atoms with Crippen molar-refractivity contribution in [2.45, 2.75) is 19.3 Å². The highest BCUT2D eigenvalue weighted by Gasteiger charge is 2.19. The number of para-hydroxylation sites is 1. The zero-order chi connectivity index (χ0) is 13.9. The second-order valence-electron chi connectivity index (χ2n) is 4.98. The van der Waals surface area contributed by atoms with E-state index in [0.29, 0.717) is 10.6 Å². The van der Waals surface area contributed by atoms with Gasteiger partial charge >= 0.3 is 0 Å². The predicted octanol–water partition coefficient (Wildman–Crippen LogP) is 4.69. The Hall–Kier alpha value is -1.98. The molecule has 0 spiro atoms. The van der Waals surface area contributed by atoms with Crippen LogP contribution in [0.15, 0.2) is 42.5 Å². The molecule has 2 nitrogen and oxygen atoms in total. The van der Waals surface area contributed by atoms with E-state index >= 15 is 0 Å². The maximum absolute atomic E-state index is 9.39. The van der Waals surface area contributed by atoms with Crippen LogP contribution in [0.2, 0.25) is 5.02 Å². The van der Waals surface area contributed by atoms with E-state index in [0.717, 1.165) is 25.1 Å². The van der Waals surface area contributed by atoms with Crippen LogP contribution in [0.1, 0.15) is 24.0 Å². The molecule has 3 heteroatoms. The summed E-state index contributed by atoms with van der Waals surface area (Å²) in [6, 6.07) is 16.3. The predicted molar refractivity (Wildman–Crippen MR) is 82.6 cm³/mol. The van der Waals surface area contributed by atoms with Crippen molar-refractivity contribution in [2.24, 2.45) is 0 Å². The third-order valence-electron chi connectivity index (χ3n) is 3.75. The van der Waals surface area contributed by atoms with Crippen LogP contribution in [0.4, 0.5) is 11.4 Å². The number of fused-ring (bicyclic) bond motifs is 1. The van der Waals surface area contributed by atoms with Gasteiger partial charge in [0.05, 0.1) is 16.3 Å². The van der Waals surface area contributed by atoms with Crippen LogP contribution >= 0.6 is 11.6 Å². The Morgan fingerprint density at radius 3 is 2.65 bits per heavy atom. The summed E-state index contributed by atoms with van der Waals surface area (Å²) in [5.41, 5.74) is 4.01. The first-order valence-electron chi connectivity index (χ1n) is 6.85. The number of anilines is 2. The van der Waals surface area contributed by atoms with Crippen LogP contribution in [0.25, 0.3) is 0 Å². The quantitative estimate of drug-likeness (QED) is 0.759. The van der Waals surface area contributed by atoms with Crippen molar-refractivity contribution >= 4 is 23.0 Å². The first kappa shape index (κ1) is 13.0. The molecule has 0 N–H and O–H groups in total. The molecule has 0 unspecified atom stereocenters. The van der Waals surface area contributed by atoms with Crippen molar-refractivity contribution in [2.75, 3.05) is 11.4 Å². The highest BCUT2D eigenvalue weighted by molar-refractivity contribution is 6.32. The highest BCUT2D eigenvalue weighted by atomic mass is 35.5. The zero-order valence-electron chi connectivity index (χ0n) is 11.1. The molecule has 2 aromatic carbocycles. The van der Waals surface area contributed by atoms with E-state index in [9.17, 15) is 5.26 Å². The van der Waals surface area contributed by atoms with E-state index in [1.54, 1.807) is 6.07 Å². The van der Waals surface area contributed by atoms with Gasteiger partial charge in [0.1, 0.15) is 6.07 Å². The number of aryl methyl sites for hydroxylation is 1. The minimum atomic E-state index is 0.520. The Kier molecular flexibility index (Phi) is 3.62. The molecular weight excluding hydrogens is 268 g/mol. The average Bonchev–Trinajstić information content (AvgIpc) is 2.69. The molecule has 0 saturated heterocycles. The molecule has 0 aliphatic carbocycles. The Bertz CT molecular complexity index is 673. The summed E-state index contributed by atoms with van der Waals surface area (Å²) in [7, 11) is 0. The first-order chi connectivity index (χ1) is 9.81. The van der Waals surface area contributed by atoms with Gasteiger partial charge in [-0.3, -0.25) is 0 Å². The molecule has 0 amide bonds. The average molecular weight is 283 g/mol. The molecule has 20 heavy (non-hydrogen) atoms. The molecule has 1 aliphatic rings. The molecule has 1 aliphatic heterocycles. The molecule has 100 valence electrons. The lowest BCUT2D eigenvalue weighted by molar-refractivity contribution is 0.761. The number of nitrogens with zero attached hydrogens (tertiary/aromatic N) is 2. The highest BCUT2D eigenvalue weighted by Crippen LogP contribution is 2.36. The molecule has 0 bridgehead atoms. The Labute approximate surface area is 124 Å². The number of nitriles is 1. The van der Waals surface area contributed by atoms with Gasteiger partial charge in [-0.15, -0.1) is 0 Å². The van der Waals surface area contributed by atoms with E-state index in [-0.39, 0.29) is 0 Å². The van der Waals surface area contributed by atoms with Crippen molar-refractivity contribution in [3.8, 4) is 6.07 Å². The summed E-state index contributed by atoms with van der Waals surface area (Å²) in [6.45, 7) is 0.923. The molecule has 0 fully saturated rings. The lowest BCUT2D eigenvalue weighted by Crippen LogP contribution is -2.19. The molecule has 2 aromatic rings. The molecule has 0 radical (unpaired) electrons. The third-order valence-corrected chi connectivity index (χ3v) is 4.07. The summed E-state index contributed by atoms with van der Waals surface area (Å²) in [5.74, 6) is 0. The number of benzene rings is 2. The van der Waals surface area contributed by atoms with E-state index in [2.05, 4.69) is 29.2 Å². The van der Waals surface area contributed by atoms with Crippen LogP contribution in [-0.4, -0.2) is 6.54 Å². The molecule has 0 saturated carbocycles. The fourth-order valence-electron chi connectivity index (χ4n) is 2.79. The Balaban J connectivity index is 2.16. The van der Waals surface area contributed by atoms with Gasteiger partial charge in [-0.1, -0.05) is 35.9 Å². The van der Waals surface area contributed by atoms with Gasteiger partial charge in [-0.2, -0.15) is 5.26 Å². The largest absolute Gasteiger partial charge is 0.340 e. The van der Waals surface area contributed by atoms with Gasteiger partial charge in [-0.05, 0) is 43.0 Å². The third kappa shape index (κ3) is 2.26. The minimum Gasteiger partial charge on any atom is -0.340 e. The Morgan fingerprint density at radius 2 is 1.80 bits per heavy atom. The fourth-order valence-corrected chi connectivity index (χ4v) is 3.00. The lowest BCUT2D eigenvalue weighted by Gasteiger charge is -2.26. The summed E-state index contributed by atoms with van der Waals surface area (Å²) < 4.78 is 0. The number of rotatable bonds is 1. The van der Waals surface area contributed by atoms with E-state index < -0.39 is 0 Å². The molecule has 3 rings (SSSR count). The fraction of sp³-hybridized carbons (Fsp3) is 0.235. The number of hydrogen-bond donors (Lipinski definition) is 0. The van der Waals surface area contributed by atoms with E-state index in [4.69, 9.17) is 11.6 Å². The monoisotopic (exact) mass is 282 g/mol. The molecule has 1 heterocycles. The van der Waals surface area contributed by atoms with Crippen LogP contribution in [-0.2, 0) is 6.42 Å². The van der Waals surface area contributed by atoms with E-state index in [1.165, 1.54) is 17.7 Å². The van der Waals surface area contributed by atoms with Gasteiger partial charge < -0.3 is 4.90 Å². The maximum atomic E-state index is 9.39. The standard InChI is InChI=1S/C17H15ClN2/c18-15-8-5-10-17(14(15)12-19)20-11-4-3-7-13-6-1-2-9-16(13)20/h1-2,5-6,8-10H,3-4,7,11H2.